The maximum absolute atomic E-state index is 13.5. The minimum absolute atomic E-state index is 0.0898. The molecule has 0 atom stereocenters. The lowest BCUT2D eigenvalue weighted by Gasteiger charge is -2.26. The lowest BCUT2D eigenvalue weighted by molar-refractivity contribution is -0.120. The van der Waals surface area contributed by atoms with Crippen molar-refractivity contribution in [3.8, 4) is 0 Å². The van der Waals surface area contributed by atoms with Gasteiger partial charge >= 0.3 is 6.03 Å². The summed E-state index contributed by atoms with van der Waals surface area (Å²) in [5, 5.41) is 2.65. The molecule has 0 unspecified atom stereocenters. The second kappa shape index (κ2) is 4.79. The summed E-state index contributed by atoms with van der Waals surface area (Å²) in [6, 6.07) is 0.917. The number of carbonyl (C=O) groups excluding carboxylic acids is 2. The molecule has 3 amide bonds. The van der Waals surface area contributed by atoms with Gasteiger partial charge in [0.25, 0.3) is 0 Å². The van der Waals surface area contributed by atoms with E-state index < -0.39 is 12.0 Å². The number of hydrogen-bond donors (Lipinski definition) is 1. The number of pyridine rings is 1. The van der Waals surface area contributed by atoms with Crippen LogP contribution >= 0.6 is 15.9 Å². The molecule has 1 aliphatic heterocycles. The summed E-state index contributed by atoms with van der Waals surface area (Å²) >= 11 is 3.23. The van der Waals surface area contributed by atoms with E-state index >= 15 is 0 Å². The number of alkyl halides is 1. The van der Waals surface area contributed by atoms with Crippen LogP contribution in [0.25, 0.3) is 0 Å². The van der Waals surface area contributed by atoms with E-state index in [0.29, 0.717) is 5.33 Å². The van der Waals surface area contributed by atoms with Gasteiger partial charge in [-0.3, -0.25) is 15.0 Å². The van der Waals surface area contributed by atoms with E-state index in [4.69, 9.17) is 0 Å². The Labute approximate surface area is 105 Å². The topological polar surface area (TPSA) is 62.3 Å². The number of rotatable bonds is 2. The van der Waals surface area contributed by atoms with E-state index in [1.807, 2.05) is 0 Å². The van der Waals surface area contributed by atoms with Crippen molar-refractivity contribution in [2.24, 2.45) is 0 Å². The van der Waals surface area contributed by atoms with Gasteiger partial charge in [-0.15, -0.1) is 0 Å². The van der Waals surface area contributed by atoms with Gasteiger partial charge in [-0.2, -0.15) is 4.39 Å². The summed E-state index contributed by atoms with van der Waals surface area (Å²) in [5.41, 5.74) is 0.845. The van der Waals surface area contributed by atoms with Gasteiger partial charge in [0.05, 0.1) is 0 Å². The number of hydrogen-bond acceptors (Lipinski definition) is 3. The van der Waals surface area contributed by atoms with E-state index in [9.17, 15) is 14.0 Å². The first-order valence-corrected chi connectivity index (χ1v) is 6.05. The van der Waals surface area contributed by atoms with E-state index in [1.54, 1.807) is 0 Å². The van der Waals surface area contributed by atoms with E-state index in [1.165, 1.54) is 17.2 Å². The third-order valence-corrected chi connectivity index (χ3v) is 3.02. The SMILES string of the molecule is O=C1CCN(c2cc(CBr)cnc2F)C(=O)N1. The first kappa shape index (κ1) is 12.0. The molecule has 7 heteroatoms. The Kier molecular flexibility index (Phi) is 3.37. The Morgan fingerprint density at radius 2 is 2.29 bits per heavy atom. The van der Waals surface area contributed by atoms with Crippen LogP contribution in [0.3, 0.4) is 0 Å². The summed E-state index contributed by atoms with van der Waals surface area (Å²) in [7, 11) is 0. The van der Waals surface area contributed by atoms with Crippen LogP contribution in [-0.4, -0.2) is 23.5 Å². The van der Waals surface area contributed by atoms with Crippen LogP contribution in [0.4, 0.5) is 14.9 Å². The van der Waals surface area contributed by atoms with Crippen molar-refractivity contribution in [1.29, 1.82) is 0 Å². The molecule has 17 heavy (non-hydrogen) atoms. The number of carbonyl (C=O) groups is 2. The van der Waals surface area contributed by atoms with E-state index in [2.05, 4.69) is 26.2 Å². The van der Waals surface area contributed by atoms with Gasteiger partial charge in [0.15, 0.2) is 0 Å². The molecule has 2 heterocycles. The molecule has 0 radical (unpaired) electrons. The van der Waals surface area contributed by atoms with E-state index in [0.717, 1.165) is 5.56 Å². The summed E-state index contributed by atoms with van der Waals surface area (Å²) in [5.74, 6) is -1.07. The average molecular weight is 302 g/mol. The summed E-state index contributed by atoms with van der Waals surface area (Å²) in [4.78, 5) is 27.3. The Balaban J connectivity index is 2.33. The quantitative estimate of drug-likeness (QED) is 0.666. The molecule has 0 aromatic carbocycles. The Morgan fingerprint density at radius 3 is 2.94 bits per heavy atom. The number of imide groups is 1. The summed E-state index contributed by atoms with van der Waals surface area (Å²) < 4.78 is 13.5. The number of amides is 3. The van der Waals surface area contributed by atoms with Gasteiger partial charge in [-0.25, -0.2) is 9.78 Å². The molecule has 0 spiro atoms. The molecule has 1 fully saturated rings. The lowest BCUT2D eigenvalue weighted by Crippen LogP contribution is -2.50. The van der Waals surface area contributed by atoms with Crippen molar-refractivity contribution < 1.29 is 14.0 Å². The number of nitrogens with one attached hydrogen (secondary N) is 1. The Hall–Kier alpha value is -1.50. The van der Waals surface area contributed by atoms with Gasteiger partial charge in [-0.1, -0.05) is 15.9 Å². The first-order chi connectivity index (χ1) is 8.11. The number of aromatic nitrogens is 1. The molecule has 1 N–H and O–H groups in total. The van der Waals surface area contributed by atoms with Crippen molar-refractivity contribution in [2.45, 2.75) is 11.8 Å². The van der Waals surface area contributed by atoms with Crippen LogP contribution in [0.5, 0.6) is 0 Å². The monoisotopic (exact) mass is 301 g/mol. The largest absolute Gasteiger partial charge is 0.328 e. The highest BCUT2D eigenvalue weighted by molar-refractivity contribution is 9.08. The molecule has 0 saturated carbocycles. The fourth-order valence-corrected chi connectivity index (χ4v) is 1.84. The van der Waals surface area contributed by atoms with Crippen LogP contribution in [0, 0.1) is 5.95 Å². The molecule has 2 rings (SSSR count). The van der Waals surface area contributed by atoms with Gasteiger partial charge in [-0.05, 0) is 11.6 Å². The molecule has 1 aromatic heterocycles. The third kappa shape index (κ3) is 2.44. The highest BCUT2D eigenvalue weighted by Crippen LogP contribution is 2.22. The van der Waals surface area contributed by atoms with Crippen LogP contribution in [0.15, 0.2) is 12.3 Å². The van der Waals surface area contributed by atoms with Gasteiger partial charge in [0, 0.05) is 24.5 Å². The van der Waals surface area contributed by atoms with Crippen molar-refractivity contribution in [3.05, 3.63) is 23.8 Å². The van der Waals surface area contributed by atoms with Crippen LogP contribution < -0.4 is 10.2 Å². The Morgan fingerprint density at radius 1 is 1.53 bits per heavy atom. The summed E-state index contributed by atoms with van der Waals surface area (Å²) in [6.45, 7) is 0.162. The Bertz CT molecular complexity index is 481. The minimum Gasteiger partial charge on any atom is -0.289 e. The van der Waals surface area contributed by atoms with Crippen molar-refractivity contribution in [2.75, 3.05) is 11.4 Å². The molecular weight excluding hydrogens is 293 g/mol. The van der Waals surface area contributed by atoms with E-state index in [-0.39, 0.29) is 24.6 Å². The van der Waals surface area contributed by atoms with Crippen molar-refractivity contribution in [1.82, 2.24) is 10.3 Å². The standard InChI is InChI=1S/C10H9BrFN3O2/c11-4-6-3-7(9(12)13-5-6)15-2-1-8(16)14-10(15)17/h3,5H,1-2,4H2,(H,14,16,17). The minimum atomic E-state index is -0.723. The predicted molar refractivity (Wildman–Crippen MR) is 62.3 cm³/mol. The zero-order valence-electron chi connectivity index (χ0n) is 8.74. The average Bonchev–Trinajstić information content (AvgIpc) is 2.30. The smallest absolute Gasteiger partial charge is 0.289 e. The normalized spacial score (nSPS) is 16.0. The molecule has 0 bridgehead atoms. The second-order valence-electron chi connectivity index (χ2n) is 3.54. The number of nitrogens with zero attached hydrogens (tertiary/aromatic N) is 2. The van der Waals surface area contributed by atoms with Crippen LogP contribution in [0.1, 0.15) is 12.0 Å². The lowest BCUT2D eigenvalue weighted by atomic mass is 10.2. The number of halogens is 2. The molecule has 1 aromatic rings. The van der Waals surface area contributed by atoms with Crippen molar-refractivity contribution >= 4 is 33.6 Å². The highest BCUT2D eigenvalue weighted by Gasteiger charge is 2.26. The molecule has 5 nitrogen and oxygen atoms in total. The van der Waals surface area contributed by atoms with Crippen LogP contribution in [0.2, 0.25) is 0 Å². The zero-order valence-corrected chi connectivity index (χ0v) is 10.3. The molecular formula is C10H9BrFN3O2. The fourth-order valence-electron chi connectivity index (χ4n) is 1.53. The highest BCUT2D eigenvalue weighted by atomic mass is 79.9. The molecule has 90 valence electrons. The van der Waals surface area contributed by atoms with Crippen molar-refractivity contribution in [3.63, 3.8) is 0 Å². The maximum Gasteiger partial charge on any atom is 0.328 e. The molecule has 0 aliphatic carbocycles. The first-order valence-electron chi connectivity index (χ1n) is 4.93. The predicted octanol–water partition coefficient (Wildman–Crippen LogP) is 1.56. The summed E-state index contributed by atoms with van der Waals surface area (Å²) in [6.07, 6.45) is 1.55. The number of urea groups is 1. The van der Waals surface area contributed by atoms with Gasteiger partial charge < -0.3 is 0 Å². The third-order valence-electron chi connectivity index (χ3n) is 2.38. The fraction of sp³-hybridized carbons (Fsp3) is 0.300. The maximum atomic E-state index is 13.5. The second-order valence-corrected chi connectivity index (χ2v) is 4.10. The van der Waals surface area contributed by atoms with Gasteiger partial charge in [0.2, 0.25) is 11.9 Å². The zero-order chi connectivity index (χ0) is 12.4. The molecule has 1 aliphatic rings. The number of anilines is 1. The van der Waals surface area contributed by atoms with Gasteiger partial charge in [0.1, 0.15) is 5.69 Å². The molecule has 1 saturated heterocycles. The van der Waals surface area contributed by atoms with Crippen LogP contribution in [-0.2, 0) is 10.1 Å².